The third kappa shape index (κ3) is 3.19. The molecule has 116 valence electrons. The van der Waals surface area contributed by atoms with E-state index >= 15 is 0 Å². The highest BCUT2D eigenvalue weighted by Gasteiger charge is 2.41. The highest BCUT2D eigenvalue weighted by atomic mass is 16.4. The third-order valence-electron chi connectivity index (χ3n) is 5.87. The monoisotopic (exact) mass is 281 g/mol. The lowest BCUT2D eigenvalue weighted by Gasteiger charge is -2.47. The summed E-state index contributed by atoms with van der Waals surface area (Å²) in [6, 6.07) is 0.678. The van der Waals surface area contributed by atoms with Crippen LogP contribution in [0.1, 0.15) is 59.8 Å². The second-order valence-corrected chi connectivity index (χ2v) is 7.80. The van der Waals surface area contributed by atoms with Crippen LogP contribution in [0, 0.1) is 23.2 Å². The first-order chi connectivity index (χ1) is 9.33. The maximum Gasteiger partial charge on any atom is 0.309 e. The molecule has 0 radical (unpaired) electrons. The second-order valence-electron chi connectivity index (χ2n) is 7.80. The highest BCUT2D eigenvalue weighted by molar-refractivity contribution is 5.74. The van der Waals surface area contributed by atoms with Gasteiger partial charge in [0.2, 0.25) is 0 Å². The van der Waals surface area contributed by atoms with Crippen LogP contribution in [-0.4, -0.2) is 35.1 Å². The van der Waals surface area contributed by atoms with Gasteiger partial charge in [0.25, 0.3) is 0 Å². The van der Waals surface area contributed by atoms with E-state index < -0.39 is 11.4 Å². The van der Waals surface area contributed by atoms with Crippen molar-refractivity contribution >= 4 is 5.97 Å². The average Bonchev–Trinajstić information content (AvgIpc) is 2.39. The molecule has 1 aliphatic heterocycles. The van der Waals surface area contributed by atoms with E-state index in [0.717, 1.165) is 43.7 Å². The molecule has 1 saturated carbocycles. The molecule has 1 saturated heterocycles. The van der Waals surface area contributed by atoms with Crippen molar-refractivity contribution in [2.45, 2.75) is 65.8 Å². The first kappa shape index (κ1) is 15.8. The van der Waals surface area contributed by atoms with Gasteiger partial charge < -0.3 is 10.0 Å². The quantitative estimate of drug-likeness (QED) is 0.858. The van der Waals surface area contributed by atoms with Crippen molar-refractivity contribution in [1.29, 1.82) is 0 Å². The minimum Gasteiger partial charge on any atom is -0.481 e. The fourth-order valence-electron chi connectivity index (χ4n) is 4.13. The van der Waals surface area contributed by atoms with E-state index in [0.29, 0.717) is 6.04 Å². The molecule has 0 amide bonds. The molecule has 3 nitrogen and oxygen atoms in total. The molecule has 2 fully saturated rings. The molecule has 0 bridgehead atoms. The summed E-state index contributed by atoms with van der Waals surface area (Å²) in [6.45, 7) is 10.9. The van der Waals surface area contributed by atoms with Crippen LogP contribution in [0.4, 0.5) is 0 Å². The van der Waals surface area contributed by atoms with Gasteiger partial charge in [-0.1, -0.05) is 27.2 Å². The molecular weight excluding hydrogens is 250 g/mol. The van der Waals surface area contributed by atoms with Gasteiger partial charge in [-0.2, -0.15) is 0 Å². The number of carboxylic acid groups (broad SMARTS) is 1. The van der Waals surface area contributed by atoms with Crippen molar-refractivity contribution in [3.05, 3.63) is 0 Å². The van der Waals surface area contributed by atoms with Crippen LogP contribution >= 0.6 is 0 Å². The van der Waals surface area contributed by atoms with Crippen molar-refractivity contribution in [2.24, 2.45) is 23.2 Å². The molecule has 1 aliphatic carbocycles. The summed E-state index contributed by atoms with van der Waals surface area (Å²) in [5.41, 5.74) is -0.496. The fourth-order valence-corrected chi connectivity index (χ4v) is 4.13. The first-order valence-electron chi connectivity index (χ1n) is 8.31. The van der Waals surface area contributed by atoms with Crippen LogP contribution < -0.4 is 0 Å². The maximum absolute atomic E-state index is 11.4. The number of likely N-dealkylation sites (tertiary alicyclic amines) is 1. The van der Waals surface area contributed by atoms with Gasteiger partial charge in [-0.25, -0.2) is 0 Å². The van der Waals surface area contributed by atoms with E-state index in [2.05, 4.69) is 25.7 Å². The molecule has 0 spiro atoms. The van der Waals surface area contributed by atoms with E-state index in [1.54, 1.807) is 0 Å². The Bertz CT molecular complexity index is 345. The van der Waals surface area contributed by atoms with Gasteiger partial charge >= 0.3 is 5.97 Å². The number of aliphatic carboxylic acids is 1. The van der Waals surface area contributed by atoms with Crippen molar-refractivity contribution in [2.75, 3.05) is 13.1 Å². The van der Waals surface area contributed by atoms with Crippen LogP contribution in [-0.2, 0) is 4.79 Å². The lowest BCUT2D eigenvalue weighted by Crippen LogP contribution is -2.51. The predicted molar refractivity (Wildman–Crippen MR) is 81.7 cm³/mol. The molecule has 0 aromatic heterocycles. The molecular formula is C17H31NO2. The largest absolute Gasteiger partial charge is 0.481 e. The lowest BCUT2D eigenvalue weighted by atomic mass is 9.72. The molecule has 3 unspecified atom stereocenters. The second kappa shape index (κ2) is 6.05. The highest BCUT2D eigenvalue weighted by Crippen LogP contribution is 2.40. The molecule has 2 aliphatic rings. The summed E-state index contributed by atoms with van der Waals surface area (Å²) in [6.07, 6.45) is 5.61. The Kier molecular flexibility index (Phi) is 4.78. The van der Waals surface area contributed by atoms with E-state index in [9.17, 15) is 9.90 Å². The summed E-state index contributed by atoms with van der Waals surface area (Å²) in [4.78, 5) is 14.0. The van der Waals surface area contributed by atoms with Crippen LogP contribution in [0.25, 0.3) is 0 Å². The Balaban J connectivity index is 2.02. The van der Waals surface area contributed by atoms with Gasteiger partial charge in [-0.3, -0.25) is 4.79 Å². The van der Waals surface area contributed by atoms with Gasteiger partial charge in [-0.15, -0.1) is 0 Å². The summed E-state index contributed by atoms with van der Waals surface area (Å²) in [5, 5.41) is 9.36. The Hall–Kier alpha value is -0.570. The Morgan fingerprint density at radius 2 is 1.85 bits per heavy atom. The van der Waals surface area contributed by atoms with Crippen molar-refractivity contribution in [3.8, 4) is 0 Å². The Morgan fingerprint density at radius 3 is 2.35 bits per heavy atom. The summed E-state index contributed by atoms with van der Waals surface area (Å²) in [5.74, 6) is 1.73. The van der Waals surface area contributed by atoms with Crippen molar-refractivity contribution < 1.29 is 9.90 Å². The molecule has 20 heavy (non-hydrogen) atoms. The summed E-state index contributed by atoms with van der Waals surface area (Å²) in [7, 11) is 0. The van der Waals surface area contributed by atoms with Crippen LogP contribution in [0.3, 0.4) is 0 Å². The third-order valence-corrected chi connectivity index (χ3v) is 5.87. The first-order valence-corrected chi connectivity index (χ1v) is 8.31. The molecule has 1 heterocycles. The molecule has 1 N–H and O–H groups in total. The minimum atomic E-state index is -0.616. The van der Waals surface area contributed by atoms with Crippen molar-refractivity contribution in [3.63, 3.8) is 0 Å². The standard InChI is InChI=1S/C17H31NO2/c1-12(2)14-6-5-13(3)11-15(14)18-9-7-17(4,8-10-18)16(19)20/h12-15H,5-11H2,1-4H3,(H,19,20). The topological polar surface area (TPSA) is 40.5 Å². The normalized spacial score (nSPS) is 35.1. The van der Waals surface area contributed by atoms with Gasteiger partial charge in [-0.05, 0) is 63.5 Å². The molecule has 3 atom stereocenters. The van der Waals surface area contributed by atoms with E-state index in [-0.39, 0.29) is 0 Å². The predicted octanol–water partition coefficient (Wildman–Crippen LogP) is 3.63. The number of nitrogens with zero attached hydrogens (tertiary/aromatic N) is 1. The lowest BCUT2D eigenvalue weighted by molar-refractivity contribution is -0.151. The summed E-state index contributed by atoms with van der Waals surface area (Å²) < 4.78 is 0. The van der Waals surface area contributed by atoms with Crippen LogP contribution in [0.15, 0.2) is 0 Å². The molecule has 2 rings (SSSR count). The zero-order chi connectivity index (χ0) is 14.9. The van der Waals surface area contributed by atoms with E-state index in [4.69, 9.17) is 0 Å². The molecule has 3 heteroatoms. The molecule has 0 aromatic carbocycles. The molecule has 0 aromatic rings. The smallest absolute Gasteiger partial charge is 0.309 e. The number of rotatable bonds is 3. The Labute approximate surface area is 123 Å². The fraction of sp³-hybridized carbons (Fsp3) is 0.941. The van der Waals surface area contributed by atoms with Crippen molar-refractivity contribution in [1.82, 2.24) is 4.90 Å². The van der Waals surface area contributed by atoms with Gasteiger partial charge in [0, 0.05) is 6.04 Å². The number of hydrogen-bond acceptors (Lipinski definition) is 2. The Morgan fingerprint density at radius 1 is 1.25 bits per heavy atom. The van der Waals surface area contributed by atoms with Gasteiger partial charge in [0.1, 0.15) is 0 Å². The average molecular weight is 281 g/mol. The zero-order valence-electron chi connectivity index (χ0n) is 13.6. The number of carbonyl (C=O) groups is 1. The number of carboxylic acids is 1. The van der Waals surface area contributed by atoms with Gasteiger partial charge in [0.05, 0.1) is 5.41 Å². The SMILES string of the molecule is CC1CCC(C(C)C)C(N2CCC(C)(C(=O)O)CC2)C1. The minimum absolute atomic E-state index is 0.496. The zero-order valence-corrected chi connectivity index (χ0v) is 13.6. The summed E-state index contributed by atoms with van der Waals surface area (Å²) >= 11 is 0. The number of piperidine rings is 1. The van der Waals surface area contributed by atoms with Gasteiger partial charge in [0.15, 0.2) is 0 Å². The van der Waals surface area contributed by atoms with E-state index in [1.165, 1.54) is 19.3 Å². The van der Waals surface area contributed by atoms with Crippen LogP contribution in [0.5, 0.6) is 0 Å². The van der Waals surface area contributed by atoms with Crippen LogP contribution in [0.2, 0.25) is 0 Å². The maximum atomic E-state index is 11.4. The number of hydrogen-bond donors (Lipinski definition) is 1. The van der Waals surface area contributed by atoms with E-state index in [1.807, 2.05) is 6.92 Å².